The predicted molar refractivity (Wildman–Crippen MR) is 101 cm³/mol. The Bertz CT molecular complexity index is 732. The molecule has 0 saturated carbocycles. The molecule has 1 aromatic carbocycles. The van der Waals surface area contributed by atoms with Crippen molar-refractivity contribution in [2.24, 2.45) is 7.05 Å². The first-order valence-corrected chi connectivity index (χ1v) is 8.82. The fourth-order valence-electron chi connectivity index (χ4n) is 3.35. The lowest BCUT2D eigenvalue weighted by molar-refractivity contribution is -0.120. The van der Waals surface area contributed by atoms with Gasteiger partial charge in [0.15, 0.2) is 0 Å². The van der Waals surface area contributed by atoms with E-state index in [1.165, 1.54) is 5.69 Å². The first-order valence-electron chi connectivity index (χ1n) is 8.82. The SMILES string of the molecule is Cc1nn(C)c(C)c1NC(=O)C(C)N1CCN(c2ccccc2)CC1. The standard InChI is InChI=1S/C19H27N5O/c1-14-18(15(2)22(4)21-14)20-19(25)16(3)23-10-12-24(13-11-23)17-8-6-5-7-9-17/h5-9,16H,10-13H2,1-4H3,(H,20,25). The number of nitrogens with one attached hydrogen (secondary N) is 1. The minimum atomic E-state index is -0.156. The number of amides is 1. The molecule has 0 bridgehead atoms. The highest BCUT2D eigenvalue weighted by molar-refractivity contribution is 5.95. The van der Waals surface area contributed by atoms with E-state index in [9.17, 15) is 4.79 Å². The molecule has 6 heteroatoms. The van der Waals surface area contributed by atoms with Gasteiger partial charge in [0.25, 0.3) is 0 Å². The lowest BCUT2D eigenvalue weighted by Crippen LogP contribution is -2.52. The summed E-state index contributed by atoms with van der Waals surface area (Å²) in [5, 5.41) is 7.42. The summed E-state index contributed by atoms with van der Waals surface area (Å²) in [6.07, 6.45) is 0. The molecule has 6 nitrogen and oxygen atoms in total. The maximum atomic E-state index is 12.7. The molecule has 134 valence electrons. The van der Waals surface area contributed by atoms with E-state index in [2.05, 4.69) is 44.5 Å². The van der Waals surface area contributed by atoms with Gasteiger partial charge in [0.05, 0.1) is 23.1 Å². The number of para-hydroxylation sites is 1. The molecule has 0 aliphatic carbocycles. The lowest BCUT2D eigenvalue weighted by Gasteiger charge is -2.38. The van der Waals surface area contributed by atoms with Gasteiger partial charge in [0.2, 0.25) is 5.91 Å². The molecular weight excluding hydrogens is 314 g/mol. The minimum Gasteiger partial charge on any atom is -0.369 e. The minimum absolute atomic E-state index is 0.0346. The number of aryl methyl sites for hydroxylation is 2. The Balaban J connectivity index is 1.58. The molecule has 3 rings (SSSR count). The Morgan fingerprint density at radius 3 is 2.32 bits per heavy atom. The summed E-state index contributed by atoms with van der Waals surface area (Å²) in [5.74, 6) is 0.0346. The largest absolute Gasteiger partial charge is 0.369 e. The summed E-state index contributed by atoms with van der Waals surface area (Å²) >= 11 is 0. The van der Waals surface area contributed by atoms with Gasteiger partial charge in [-0.15, -0.1) is 0 Å². The number of piperazine rings is 1. The van der Waals surface area contributed by atoms with Crippen molar-refractivity contribution in [3.05, 3.63) is 41.7 Å². The predicted octanol–water partition coefficient (Wildman–Crippen LogP) is 2.19. The number of hydrogen-bond acceptors (Lipinski definition) is 4. The van der Waals surface area contributed by atoms with Crippen molar-refractivity contribution >= 4 is 17.3 Å². The summed E-state index contributed by atoms with van der Waals surface area (Å²) in [5.41, 5.74) is 3.92. The zero-order chi connectivity index (χ0) is 18.0. The van der Waals surface area contributed by atoms with Crippen LogP contribution in [-0.2, 0) is 11.8 Å². The molecule has 0 spiro atoms. The molecule has 2 aromatic rings. The summed E-state index contributed by atoms with van der Waals surface area (Å²) in [4.78, 5) is 17.3. The Hall–Kier alpha value is -2.34. The Kier molecular flexibility index (Phi) is 5.08. The van der Waals surface area contributed by atoms with Crippen LogP contribution in [0.5, 0.6) is 0 Å². The molecule has 1 atom stereocenters. The van der Waals surface area contributed by atoms with Gasteiger partial charge >= 0.3 is 0 Å². The van der Waals surface area contributed by atoms with E-state index in [-0.39, 0.29) is 11.9 Å². The molecule has 1 aromatic heterocycles. The molecule has 1 aliphatic rings. The number of rotatable bonds is 4. The molecule has 0 radical (unpaired) electrons. The van der Waals surface area contributed by atoms with Crippen LogP contribution in [0.3, 0.4) is 0 Å². The third-order valence-electron chi connectivity index (χ3n) is 5.12. The monoisotopic (exact) mass is 341 g/mol. The van der Waals surface area contributed by atoms with Crippen LogP contribution < -0.4 is 10.2 Å². The Morgan fingerprint density at radius 1 is 1.12 bits per heavy atom. The molecule has 1 aliphatic heterocycles. The third kappa shape index (κ3) is 3.69. The van der Waals surface area contributed by atoms with Gasteiger partial charge in [0, 0.05) is 38.9 Å². The highest BCUT2D eigenvalue weighted by Crippen LogP contribution is 2.20. The second kappa shape index (κ2) is 7.27. The second-order valence-corrected chi connectivity index (χ2v) is 6.69. The highest BCUT2D eigenvalue weighted by atomic mass is 16.2. The van der Waals surface area contributed by atoms with E-state index < -0.39 is 0 Å². The normalized spacial score (nSPS) is 16.7. The fraction of sp³-hybridized carbons (Fsp3) is 0.474. The number of carbonyl (C=O) groups excluding carboxylic acids is 1. The maximum Gasteiger partial charge on any atom is 0.241 e. The molecule has 25 heavy (non-hydrogen) atoms. The molecule has 2 heterocycles. The summed E-state index contributed by atoms with van der Waals surface area (Å²) in [6, 6.07) is 10.3. The van der Waals surface area contributed by atoms with Crippen molar-refractivity contribution in [1.29, 1.82) is 0 Å². The van der Waals surface area contributed by atoms with E-state index in [4.69, 9.17) is 0 Å². The highest BCUT2D eigenvalue weighted by Gasteiger charge is 2.26. The molecule has 1 amide bonds. The van der Waals surface area contributed by atoms with Crippen LogP contribution in [0.1, 0.15) is 18.3 Å². The smallest absolute Gasteiger partial charge is 0.241 e. The van der Waals surface area contributed by atoms with Gasteiger partial charge in [-0.25, -0.2) is 0 Å². The number of nitrogens with zero attached hydrogens (tertiary/aromatic N) is 4. The van der Waals surface area contributed by atoms with Crippen molar-refractivity contribution in [1.82, 2.24) is 14.7 Å². The summed E-state index contributed by atoms with van der Waals surface area (Å²) in [6.45, 7) is 9.52. The quantitative estimate of drug-likeness (QED) is 0.926. The van der Waals surface area contributed by atoms with Crippen molar-refractivity contribution in [2.75, 3.05) is 36.4 Å². The van der Waals surface area contributed by atoms with Crippen LogP contribution in [-0.4, -0.2) is 52.8 Å². The molecule has 1 fully saturated rings. The fourth-order valence-corrected chi connectivity index (χ4v) is 3.35. The van der Waals surface area contributed by atoms with Crippen molar-refractivity contribution in [3.8, 4) is 0 Å². The van der Waals surface area contributed by atoms with Crippen molar-refractivity contribution < 1.29 is 4.79 Å². The van der Waals surface area contributed by atoms with Crippen molar-refractivity contribution in [3.63, 3.8) is 0 Å². The third-order valence-corrected chi connectivity index (χ3v) is 5.12. The number of hydrogen-bond donors (Lipinski definition) is 1. The van der Waals surface area contributed by atoms with Crippen LogP contribution >= 0.6 is 0 Å². The van der Waals surface area contributed by atoms with Crippen LogP contribution in [0, 0.1) is 13.8 Å². The molecular formula is C19H27N5O. The van der Waals surface area contributed by atoms with E-state index in [1.54, 1.807) is 4.68 Å². The summed E-state index contributed by atoms with van der Waals surface area (Å²) in [7, 11) is 1.89. The number of benzene rings is 1. The zero-order valence-corrected chi connectivity index (χ0v) is 15.5. The maximum absolute atomic E-state index is 12.7. The molecule has 1 N–H and O–H groups in total. The van der Waals surface area contributed by atoms with Gasteiger partial charge in [-0.3, -0.25) is 14.4 Å². The van der Waals surface area contributed by atoms with Crippen LogP contribution in [0.15, 0.2) is 30.3 Å². The van der Waals surface area contributed by atoms with E-state index in [0.717, 1.165) is 43.3 Å². The first kappa shape index (κ1) is 17.5. The van der Waals surface area contributed by atoms with E-state index in [1.807, 2.05) is 33.9 Å². The first-order chi connectivity index (χ1) is 12.0. The van der Waals surface area contributed by atoms with Crippen molar-refractivity contribution in [2.45, 2.75) is 26.8 Å². The van der Waals surface area contributed by atoms with Crippen LogP contribution in [0.4, 0.5) is 11.4 Å². The van der Waals surface area contributed by atoms with Crippen LogP contribution in [0.25, 0.3) is 0 Å². The average molecular weight is 341 g/mol. The molecule has 1 unspecified atom stereocenters. The van der Waals surface area contributed by atoms with Gasteiger partial charge in [-0.2, -0.15) is 5.10 Å². The van der Waals surface area contributed by atoms with E-state index >= 15 is 0 Å². The van der Waals surface area contributed by atoms with Gasteiger partial charge in [-0.1, -0.05) is 18.2 Å². The van der Waals surface area contributed by atoms with E-state index in [0.29, 0.717) is 0 Å². The number of aromatic nitrogens is 2. The Labute approximate surface area is 149 Å². The summed E-state index contributed by atoms with van der Waals surface area (Å²) < 4.78 is 1.80. The Morgan fingerprint density at radius 2 is 1.76 bits per heavy atom. The topological polar surface area (TPSA) is 53.4 Å². The van der Waals surface area contributed by atoms with Gasteiger partial charge in [0.1, 0.15) is 0 Å². The van der Waals surface area contributed by atoms with Gasteiger partial charge < -0.3 is 10.2 Å². The lowest BCUT2D eigenvalue weighted by atomic mass is 10.2. The second-order valence-electron chi connectivity index (χ2n) is 6.69. The zero-order valence-electron chi connectivity index (χ0n) is 15.5. The average Bonchev–Trinajstić information content (AvgIpc) is 2.88. The van der Waals surface area contributed by atoms with Crippen LogP contribution in [0.2, 0.25) is 0 Å². The van der Waals surface area contributed by atoms with Gasteiger partial charge in [-0.05, 0) is 32.9 Å². The number of carbonyl (C=O) groups is 1. The molecule has 1 saturated heterocycles. The number of anilines is 2.